The Hall–Kier alpha value is -3.72. The summed E-state index contributed by atoms with van der Waals surface area (Å²) >= 11 is 0. The molecular formula is C22H26N7O2+. The van der Waals surface area contributed by atoms with Crippen LogP contribution >= 0.6 is 0 Å². The summed E-state index contributed by atoms with van der Waals surface area (Å²) in [4.78, 5) is 23.3. The number of nitro groups is 1. The largest absolute Gasteiger partial charge is 0.378 e. The minimum Gasteiger partial charge on any atom is -0.378 e. The molecule has 0 saturated carbocycles. The molecule has 2 aromatic carbocycles. The molecule has 0 radical (unpaired) electrons. The summed E-state index contributed by atoms with van der Waals surface area (Å²) in [6.07, 6.45) is 0. The summed E-state index contributed by atoms with van der Waals surface area (Å²) in [7, 11) is 0. The van der Waals surface area contributed by atoms with E-state index in [9.17, 15) is 10.1 Å². The number of piperazine rings is 1. The molecule has 1 aliphatic rings. The van der Waals surface area contributed by atoms with Crippen LogP contribution in [0.25, 0.3) is 0 Å². The zero-order chi connectivity index (χ0) is 21.8. The molecule has 0 unspecified atom stereocenters. The van der Waals surface area contributed by atoms with Gasteiger partial charge in [-0.05, 0) is 24.6 Å². The number of anilines is 4. The maximum absolute atomic E-state index is 11.6. The third kappa shape index (κ3) is 4.89. The summed E-state index contributed by atoms with van der Waals surface area (Å²) in [6.45, 7) is 6.28. The minimum atomic E-state index is -0.542. The summed E-state index contributed by atoms with van der Waals surface area (Å²) < 4.78 is 0. The SMILES string of the molecule is Cc1cccc(Nc2nc(N3CC[NH+](Cc4ccccc4)CC3)nc(N)c2[N+](=O)[O-])c1. The topological polar surface area (TPSA) is 115 Å². The Labute approximate surface area is 180 Å². The number of nitrogens with one attached hydrogen (secondary N) is 2. The summed E-state index contributed by atoms with van der Waals surface area (Å²) in [5.74, 6) is 0.387. The first kappa shape index (κ1) is 20.5. The molecular weight excluding hydrogens is 394 g/mol. The van der Waals surface area contributed by atoms with Gasteiger partial charge in [0, 0.05) is 11.3 Å². The highest BCUT2D eigenvalue weighted by Gasteiger charge is 2.28. The fourth-order valence-electron chi connectivity index (χ4n) is 3.81. The van der Waals surface area contributed by atoms with E-state index in [1.807, 2.05) is 42.2 Å². The Morgan fingerprint density at radius 3 is 2.55 bits per heavy atom. The van der Waals surface area contributed by atoms with Crippen molar-refractivity contribution in [2.45, 2.75) is 13.5 Å². The molecule has 2 heterocycles. The van der Waals surface area contributed by atoms with Crippen LogP contribution < -0.4 is 20.9 Å². The van der Waals surface area contributed by atoms with Crippen molar-refractivity contribution < 1.29 is 9.82 Å². The van der Waals surface area contributed by atoms with Gasteiger partial charge in [0.15, 0.2) is 0 Å². The van der Waals surface area contributed by atoms with Crippen LogP contribution in [0.4, 0.5) is 29.0 Å². The number of benzene rings is 2. The van der Waals surface area contributed by atoms with Crippen LogP contribution in [-0.4, -0.2) is 41.1 Å². The van der Waals surface area contributed by atoms with Gasteiger partial charge in [0.25, 0.3) is 0 Å². The fraction of sp³-hybridized carbons (Fsp3) is 0.273. The number of rotatable bonds is 6. The molecule has 1 aromatic heterocycles. The van der Waals surface area contributed by atoms with E-state index in [0.717, 1.165) is 38.3 Å². The number of hydrogen-bond donors (Lipinski definition) is 3. The van der Waals surface area contributed by atoms with E-state index < -0.39 is 4.92 Å². The van der Waals surface area contributed by atoms with Crippen molar-refractivity contribution in [1.29, 1.82) is 0 Å². The van der Waals surface area contributed by atoms with Crippen LogP contribution in [0.2, 0.25) is 0 Å². The van der Waals surface area contributed by atoms with Crippen LogP contribution in [0.1, 0.15) is 11.1 Å². The Bertz CT molecular complexity index is 1070. The number of nitrogen functional groups attached to an aromatic ring is 1. The lowest BCUT2D eigenvalue weighted by Gasteiger charge is -2.32. The summed E-state index contributed by atoms with van der Waals surface area (Å²) in [6, 6.07) is 18.0. The van der Waals surface area contributed by atoms with Crippen molar-refractivity contribution in [2.24, 2.45) is 0 Å². The first-order valence-electron chi connectivity index (χ1n) is 10.3. The van der Waals surface area contributed by atoms with Gasteiger partial charge in [0.1, 0.15) is 6.54 Å². The van der Waals surface area contributed by atoms with Crippen LogP contribution in [0.3, 0.4) is 0 Å². The molecule has 0 bridgehead atoms. The van der Waals surface area contributed by atoms with Crippen LogP contribution in [0.5, 0.6) is 0 Å². The molecule has 0 spiro atoms. The number of aromatic nitrogens is 2. The molecule has 1 saturated heterocycles. The van der Waals surface area contributed by atoms with Gasteiger partial charge in [-0.1, -0.05) is 42.5 Å². The van der Waals surface area contributed by atoms with Crippen molar-refractivity contribution in [2.75, 3.05) is 42.1 Å². The van der Waals surface area contributed by atoms with Gasteiger partial charge >= 0.3 is 5.69 Å². The van der Waals surface area contributed by atoms with Gasteiger partial charge in [-0.15, -0.1) is 0 Å². The van der Waals surface area contributed by atoms with Crippen LogP contribution in [0, 0.1) is 17.0 Å². The van der Waals surface area contributed by atoms with E-state index in [4.69, 9.17) is 5.73 Å². The van der Waals surface area contributed by atoms with Crippen molar-refractivity contribution in [1.82, 2.24) is 9.97 Å². The number of nitrogens with zero attached hydrogens (tertiary/aromatic N) is 4. The molecule has 4 rings (SSSR count). The highest BCUT2D eigenvalue weighted by Crippen LogP contribution is 2.32. The summed E-state index contributed by atoms with van der Waals surface area (Å²) in [5, 5.41) is 14.6. The normalized spacial score (nSPS) is 14.4. The lowest BCUT2D eigenvalue weighted by Crippen LogP contribution is -3.13. The molecule has 160 valence electrons. The molecule has 4 N–H and O–H groups in total. The summed E-state index contributed by atoms with van der Waals surface area (Å²) in [5.41, 5.74) is 8.73. The zero-order valence-corrected chi connectivity index (χ0v) is 17.4. The smallest absolute Gasteiger partial charge is 0.353 e. The highest BCUT2D eigenvalue weighted by atomic mass is 16.6. The Morgan fingerprint density at radius 1 is 1.13 bits per heavy atom. The van der Waals surface area contributed by atoms with E-state index in [2.05, 4.69) is 39.6 Å². The minimum absolute atomic E-state index is 0.108. The average Bonchev–Trinajstić information content (AvgIpc) is 2.74. The van der Waals surface area contributed by atoms with Gasteiger partial charge < -0.3 is 20.9 Å². The Balaban J connectivity index is 1.52. The van der Waals surface area contributed by atoms with Crippen molar-refractivity contribution in [3.8, 4) is 0 Å². The number of nitrogens with two attached hydrogens (primary N) is 1. The maximum atomic E-state index is 11.6. The Morgan fingerprint density at radius 2 is 1.87 bits per heavy atom. The monoisotopic (exact) mass is 420 g/mol. The molecule has 0 atom stereocenters. The Kier molecular flexibility index (Phi) is 5.94. The number of quaternary nitrogens is 1. The zero-order valence-electron chi connectivity index (χ0n) is 17.4. The molecule has 3 aromatic rings. The lowest BCUT2D eigenvalue weighted by molar-refractivity contribution is -0.914. The molecule has 9 heteroatoms. The van der Waals surface area contributed by atoms with Crippen LogP contribution in [0.15, 0.2) is 54.6 Å². The van der Waals surface area contributed by atoms with E-state index in [-0.39, 0.29) is 17.3 Å². The highest BCUT2D eigenvalue weighted by molar-refractivity contribution is 5.74. The first-order valence-corrected chi connectivity index (χ1v) is 10.3. The predicted octanol–water partition coefficient (Wildman–Crippen LogP) is 1.92. The molecule has 0 amide bonds. The van der Waals surface area contributed by atoms with Crippen molar-refractivity contribution >= 4 is 29.0 Å². The predicted molar refractivity (Wildman–Crippen MR) is 121 cm³/mol. The maximum Gasteiger partial charge on any atom is 0.353 e. The van der Waals surface area contributed by atoms with Crippen molar-refractivity contribution in [3.63, 3.8) is 0 Å². The van der Waals surface area contributed by atoms with Gasteiger partial charge in [-0.3, -0.25) is 10.1 Å². The van der Waals surface area contributed by atoms with Gasteiger partial charge in [-0.25, -0.2) is 0 Å². The van der Waals surface area contributed by atoms with Gasteiger partial charge in [0.2, 0.25) is 17.6 Å². The van der Waals surface area contributed by atoms with Crippen molar-refractivity contribution in [3.05, 3.63) is 75.8 Å². The second kappa shape index (κ2) is 8.97. The molecule has 1 fully saturated rings. The third-order valence-electron chi connectivity index (χ3n) is 5.41. The number of aryl methyl sites for hydroxylation is 1. The van der Waals surface area contributed by atoms with E-state index in [1.165, 1.54) is 10.5 Å². The van der Waals surface area contributed by atoms with Gasteiger partial charge in [0.05, 0.1) is 31.1 Å². The molecule has 9 nitrogen and oxygen atoms in total. The quantitative estimate of drug-likeness (QED) is 0.412. The average molecular weight is 420 g/mol. The van der Waals surface area contributed by atoms with E-state index in [1.54, 1.807) is 0 Å². The second-order valence-electron chi connectivity index (χ2n) is 7.76. The fourth-order valence-corrected chi connectivity index (χ4v) is 3.81. The van der Waals surface area contributed by atoms with E-state index in [0.29, 0.717) is 11.6 Å². The molecule has 0 aliphatic carbocycles. The standard InChI is InChI=1S/C22H25N7O2/c1-16-6-5-9-18(14-16)24-21-19(29(30)31)20(23)25-22(26-21)28-12-10-27(11-13-28)15-17-7-3-2-4-8-17/h2-9,14H,10-13,15H2,1H3,(H3,23,24,25,26)/p+1. The third-order valence-corrected chi connectivity index (χ3v) is 5.41. The lowest BCUT2D eigenvalue weighted by atomic mass is 10.2. The first-order chi connectivity index (χ1) is 15.0. The number of hydrogen-bond acceptors (Lipinski definition) is 7. The van der Waals surface area contributed by atoms with E-state index >= 15 is 0 Å². The molecule has 31 heavy (non-hydrogen) atoms. The second-order valence-corrected chi connectivity index (χ2v) is 7.76. The van der Waals surface area contributed by atoms with Crippen LogP contribution in [-0.2, 0) is 6.54 Å². The molecule has 1 aliphatic heterocycles. The van der Waals surface area contributed by atoms with Gasteiger partial charge in [-0.2, -0.15) is 9.97 Å².